The summed E-state index contributed by atoms with van der Waals surface area (Å²) in [6.07, 6.45) is 5.94. The van der Waals surface area contributed by atoms with Gasteiger partial charge in [0.05, 0.1) is 41.5 Å². The van der Waals surface area contributed by atoms with E-state index in [9.17, 15) is 10.1 Å². The van der Waals surface area contributed by atoms with Gasteiger partial charge >= 0.3 is 5.97 Å². The number of hydrogen-bond acceptors (Lipinski definition) is 9. The summed E-state index contributed by atoms with van der Waals surface area (Å²) in [6.45, 7) is 4.48. The van der Waals surface area contributed by atoms with Crippen molar-refractivity contribution in [1.29, 1.82) is 5.26 Å². The Morgan fingerprint density at radius 3 is 2.70 bits per heavy atom. The van der Waals surface area contributed by atoms with Crippen LogP contribution in [0.15, 0.2) is 48.7 Å². The van der Waals surface area contributed by atoms with Crippen molar-refractivity contribution in [3.05, 3.63) is 76.6 Å². The fourth-order valence-electron chi connectivity index (χ4n) is 7.42. The average Bonchev–Trinajstić information content (AvgIpc) is 3.58. The molecule has 2 aliphatic heterocycles. The first-order chi connectivity index (χ1) is 22.7. The molecule has 0 unspecified atom stereocenters. The number of halogens is 2. The van der Waals surface area contributed by atoms with E-state index in [4.69, 9.17) is 30.8 Å². The molecule has 0 radical (unpaired) electrons. The largest absolute Gasteiger partial charge is 0.465 e. The van der Waals surface area contributed by atoms with Gasteiger partial charge in [0.25, 0.3) is 5.79 Å². The molecule has 2 aliphatic carbocycles. The third kappa shape index (κ3) is 5.06. The van der Waals surface area contributed by atoms with Gasteiger partial charge in [-0.05, 0) is 62.1 Å². The van der Waals surface area contributed by atoms with Crippen LogP contribution in [0.25, 0.3) is 11.0 Å². The summed E-state index contributed by atoms with van der Waals surface area (Å²) in [5.74, 6) is -0.104. The Morgan fingerprint density at radius 2 is 2.00 bits per heavy atom. The molecule has 2 aromatic carbocycles. The van der Waals surface area contributed by atoms with Gasteiger partial charge in [0.2, 0.25) is 0 Å². The number of piperazine rings is 1. The van der Waals surface area contributed by atoms with Crippen molar-refractivity contribution in [2.24, 2.45) is 5.41 Å². The Balaban J connectivity index is 1.07. The van der Waals surface area contributed by atoms with E-state index in [0.29, 0.717) is 47.2 Å². The number of carbonyl (C=O) groups is 1. The molecule has 3 fully saturated rings. The van der Waals surface area contributed by atoms with Crippen LogP contribution in [-0.2, 0) is 23.6 Å². The smallest absolute Gasteiger partial charge is 0.338 e. The summed E-state index contributed by atoms with van der Waals surface area (Å²) in [5, 5.41) is 10.1. The second kappa shape index (κ2) is 11.1. The average molecular weight is 657 g/mol. The zero-order valence-electron chi connectivity index (χ0n) is 26.2. The molecular weight excluding hydrogens is 623 g/mol. The van der Waals surface area contributed by atoms with Gasteiger partial charge in [0.15, 0.2) is 17.3 Å². The standard InChI is InChI=1S/C35H34ClFN6O4/c1-34(29-9-6-22(36)18-39-29)46-28-5-3-4-26(32(28)47-34)42-15-14-41(24-7-8-25(24)42)19-30-40-31-23(37)16-21(33(44)45-2)17-27(31)43(30)20-35(10-11-35)12-13-38/h3-6,9,16-18,24-25H,7-8,10-12,14-15,19-20H2,1-2H3/t24-,25-,34-/m1/s1. The Labute approximate surface area is 276 Å². The van der Waals surface area contributed by atoms with Gasteiger partial charge in [-0.1, -0.05) is 17.7 Å². The number of aromatic nitrogens is 3. The molecule has 10 nitrogen and oxygen atoms in total. The number of hydrogen-bond donors (Lipinski definition) is 0. The van der Waals surface area contributed by atoms with Gasteiger partial charge in [0.1, 0.15) is 17.0 Å². The summed E-state index contributed by atoms with van der Waals surface area (Å²) >= 11 is 6.08. The molecule has 4 heterocycles. The highest BCUT2D eigenvalue weighted by atomic mass is 35.5. The summed E-state index contributed by atoms with van der Waals surface area (Å²) in [6, 6.07) is 15.3. The number of para-hydroxylation sites is 1. The number of anilines is 1. The predicted octanol–water partition coefficient (Wildman–Crippen LogP) is 6.20. The quantitative estimate of drug-likeness (QED) is 0.205. The van der Waals surface area contributed by atoms with Gasteiger partial charge < -0.3 is 23.7 Å². The third-order valence-corrected chi connectivity index (χ3v) is 10.5. The lowest BCUT2D eigenvalue weighted by Crippen LogP contribution is -2.64. The number of nitrogens with zero attached hydrogens (tertiary/aromatic N) is 6. The van der Waals surface area contributed by atoms with Crippen LogP contribution in [0, 0.1) is 22.6 Å². The van der Waals surface area contributed by atoms with Crippen LogP contribution >= 0.6 is 11.6 Å². The van der Waals surface area contributed by atoms with Crippen molar-refractivity contribution in [2.45, 2.75) is 70.0 Å². The molecule has 47 heavy (non-hydrogen) atoms. The van der Waals surface area contributed by atoms with E-state index in [1.807, 2.05) is 29.7 Å². The normalized spacial score (nSPS) is 24.0. The Morgan fingerprint density at radius 1 is 1.17 bits per heavy atom. The maximum atomic E-state index is 15.4. The molecule has 3 atom stereocenters. The number of imidazole rings is 1. The molecule has 2 saturated carbocycles. The molecule has 0 amide bonds. The summed E-state index contributed by atoms with van der Waals surface area (Å²) in [4.78, 5) is 26.5. The minimum atomic E-state index is -1.07. The molecule has 2 aromatic heterocycles. The maximum absolute atomic E-state index is 15.4. The van der Waals surface area contributed by atoms with Crippen molar-refractivity contribution in [3.63, 3.8) is 0 Å². The minimum Gasteiger partial charge on any atom is -0.465 e. The van der Waals surface area contributed by atoms with Crippen molar-refractivity contribution in [1.82, 2.24) is 19.4 Å². The van der Waals surface area contributed by atoms with Gasteiger partial charge in [-0.2, -0.15) is 5.26 Å². The fraction of sp³-hybridized carbons (Fsp3) is 0.429. The number of carbonyl (C=O) groups excluding carboxylic acids is 1. The zero-order valence-corrected chi connectivity index (χ0v) is 27.0. The Hall–Kier alpha value is -4.40. The molecule has 8 rings (SSSR count). The van der Waals surface area contributed by atoms with Crippen LogP contribution in [0.2, 0.25) is 5.02 Å². The van der Waals surface area contributed by atoms with Crippen LogP contribution in [-0.4, -0.2) is 57.7 Å². The number of ether oxygens (including phenoxy) is 3. The first-order valence-corrected chi connectivity index (χ1v) is 16.4. The topological polar surface area (TPSA) is 106 Å². The monoisotopic (exact) mass is 656 g/mol. The Bertz CT molecular complexity index is 1940. The first kappa shape index (κ1) is 30.0. The van der Waals surface area contributed by atoms with E-state index in [1.54, 1.807) is 18.3 Å². The number of benzene rings is 2. The van der Waals surface area contributed by atoms with Gasteiger partial charge in [0, 0.05) is 56.7 Å². The first-order valence-electron chi connectivity index (χ1n) is 16.0. The lowest BCUT2D eigenvalue weighted by Gasteiger charge is -2.54. The highest BCUT2D eigenvalue weighted by Crippen LogP contribution is 2.52. The van der Waals surface area contributed by atoms with Crippen LogP contribution in [0.5, 0.6) is 11.5 Å². The van der Waals surface area contributed by atoms with Crippen LogP contribution < -0.4 is 14.4 Å². The van der Waals surface area contributed by atoms with E-state index in [0.717, 1.165) is 50.3 Å². The fourth-order valence-corrected chi connectivity index (χ4v) is 7.53. The van der Waals surface area contributed by atoms with Crippen molar-refractivity contribution < 1.29 is 23.4 Å². The lowest BCUT2D eigenvalue weighted by molar-refractivity contribution is -0.0717. The Kier molecular flexibility index (Phi) is 7.08. The van der Waals surface area contributed by atoms with Crippen molar-refractivity contribution in [2.75, 3.05) is 25.1 Å². The van der Waals surface area contributed by atoms with Crippen LogP contribution in [0.3, 0.4) is 0 Å². The SMILES string of the molecule is COC(=O)c1cc(F)c2nc(CN3CCN(c4cccc5c4O[C@](C)(c4ccc(Cl)cn4)O5)[C@@H]4CC[C@H]43)n(CC3(CC#N)CC3)c2c1. The number of rotatable bonds is 8. The zero-order chi connectivity index (χ0) is 32.5. The molecule has 4 aliphatic rings. The third-order valence-electron chi connectivity index (χ3n) is 10.3. The van der Waals surface area contributed by atoms with Crippen molar-refractivity contribution in [3.8, 4) is 17.6 Å². The van der Waals surface area contributed by atoms with E-state index in [-0.39, 0.29) is 28.6 Å². The molecule has 12 heteroatoms. The summed E-state index contributed by atoms with van der Waals surface area (Å²) in [5.41, 5.74) is 2.41. The molecule has 0 N–H and O–H groups in total. The molecular formula is C35H34ClFN6O4. The van der Waals surface area contributed by atoms with E-state index in [1.165, 1.54) is 13.2 Å². The lowest BCUT2D eigenvalue weighted by atomic mass is 9.81. The number of pyridine rings is 1. The molecule has 242 valence electrons. The van der Waals surface area contributed by atoms with E-state index >= 15 is 4.39 Å². The van der Waals surface area contributed by atoms with E-state index in [2.05, 4.69) is 26.9 Å². The number of methoxy groups -OCH3 is 1. The second-order valence-electron chi connectivity index (χ2n) is 13.3. The van der Waals surface area contributed by atoms with Crippen molar-refractivity contribution >= 4 is 34.3 Å². The summed E-state index contributed by atoms with van der Waals surface area (Å²) < 4.78 is 35.2. The predicted molar refractivity (Wildman–Crippen MR) is 172 cm³/mol. The minimum absolute atomic E-state index is 0.146. The maximum Gasteiger partial charge on any atom is 0.338 e. The second-order valence-corrected chi connectivity index (χ2v) is 13.7. The molecule has 0 spiro atoms. The molecule has 4 aromatic rings. The number of nitriles is 1. The number of fused-ring (bicyclic) bond motifs is 3. The van der Waals surface area contributed by atoms with Crippen LogP contribution in [0.4, 0.5) is 10.1 Å². The van der Waals surface area contributed by atoms with Gasteiger partial charge in [-0.3, -0.25) is 9.88 Å². The number of esters is 1. The van der Waals surface area contributed by atoms with Gasteiger partial charge in [-0.15, -0.1) is 0 Å². The highest BCUT2D eigenvalue weighted by molar-refractivity contribution is 6.30. The van der Waals surface area contributed by atoms with Crippen LogP contribution in [0.1, 0.15) is 60.9 Å². The molecule has 1 saturated heterocycles. The molecule has 0 bridgehead atoms. The highest BCUT2D eigenvalue weighted by Gasteiger charge is 2.48. The summed E-state index contributed by atoms with van der Waals surface area (Å²) in [7, 11) is 1.28. The van der Waals surface area contributed by atoms with E-state index < -0.39 is 17.6 Å². The van der Waals surface area contributed by atoms with Gasteiger partial charge in [-0.25, -0.2) is 14.2 Å².